The zero-order chi connectivity index (χ0) is 97.3. The van der Waals surface area contributed by atoms with Gasteiger partial charge >= 0.3 is 30.0 Å². The van der Waals surface area contributed by atoms with Crippen LogP contribution in [0.4, 0.5) is 13.2 Å². The van der Waals surface area contributed by atoms with Crippen LogP contribution in [0.3, 0.4) is 0 Å². The molecular formula is C112H190F3N3O13. The zero-order valence-electron chi connectivity index (χ0n) is 85.7. The maximum absolute atomic E-state index is 13.4. The number of halogens is 3. The van der Waals surface area contributed by atoms with E-state index in [-0.39, 0.29) is 112 Å². The number of allylic oxidation sites excluding steroid dienone is 18. The van der Waals surface area contributed by atoms with Crippen LogP contribution < -0.4 is 5.32 Å². The Bertz CT molecular complexity index is 3290. The molecule has 0 aromatic heterocycles. The van der Waals surface area contributed by atoms with Crippen LogP contribution in [0.15, 0.2) is 117 Å². The van der Waals surface area contributed by atoms with Gasteiger partial charge in [-0.25, -0.2) is 4.79 Å². The molecule has 0 spiro atoms. The summed E-state index contributed by atoms with van der Waals surface area (Å²) in [5.74, 6) is -3.86. The second-order valence-electron chi connectivity index (χ2n) is 38.6. The third-order valence-corrected chi connectivity index (χ3v) is 24.9. The Morgan fingerprint density at radius 1 is 0.397 bits per heavy atom. The second kappa shape index (κ2) is 82.7. The van der Waals surface area contributed by atoms with E-state index >= 15 is 0 Å². The van der Waals surface area contributed by atoms with Gasteiger partial charge in [0, 0.05) is 50.8 Å². The van der Waals surface area contributed by atoms with E-state index in [1.165, 1.54) is 289 Å². The molecule has 16 nitrogen and oxygen atoms in total. The quantitative estimate of drug-likeness (QED) is 0.0191. The normalized spacial score (nSPS) is 14.5. The number of carbonyl (C=O) groups excluding carboxylic acids is 7. The lowest BCUT2D eigenvalue weighted by Gasteiger charge is -2.33. The van der Waals surface area contributed by atoms with Crippen molar-refractivity contribution in [3.8, 4) is 0 Å². The molecule has 2 aliphatic carbocycles. The monoisotopic (exact) mass is 1840 g/mol. The van der Waals surface area contributed by atoms with Crippen molar-refractivity contribution in [1.29, 1.82) is 0 Å². The molecule has 0 fully saturated rings. The largest absolute Gasteiger partial charge is 0.478 e. The first-order valence-electron chi connectivity index (χ1n) is 52.3. The van der Waals surface area contributed by atoms with Gasteiger partial charge in [0.25, 0.3) is 0 Å². The van der Waals surface area contributed by atoms with Crippen LogP contribution in [-0.2, 0) is 57.3 Å². The number of nitrogens with zero attached hydrogens (tertiary/aromatic N) is 2. The third kappa shape index (κ3) is 74.2. The fourth-order valence-corrected chi connectivity index (χ4v) is 16.6. The molecule has 0 unspecified atom stereocenters. The molecule has 2 rings (SSSR count). The Labute approximate surface area is 796 Å². The van der Waals surface area contributed by atoms with Crippen LogP contribution in [0.2, 0.25) is 0 Å². The predicted molar refractivity (Wildman–Crippen MR) is 539 cm³/mol. The average Bonchev–Trinajstić information content (AvgIpc) is 0.825. The number of carbonyl (C=O) groups is 8. The summed E-state index contributed by atoms with van der Waals surface area (Å²) < 4.78 is 59.3. The summed E-state index contributed by atoms with van der Waals surface area (Å²) in [6.07, 6.45) is 82.2. The lowest BCUT2D eigenvalue weighted by Crippen LogP contribution is -2.37. The van der Waals surface area contributed by atoms with Crippen LogP contribution in [0, 0.1) is 10.8 Å². The molecular weight excluding hydrogens is 1650 g/mol. The number of Topliss-reactive ketones (excluding diaryl/α,β-unsaturated/α-hetero) is 2. The fourth-order valence-electron chi connectivity index (χ4n) is 16.6. The summed E-state index contributed by atoms with van der Waals surface area (Å²) in [5.41, 5.74) is 10.2. The van der Waals surface area contributed by atoms with E-state index in [9.17, 15) is 51.5 Å². The van der Waals surface area contributed by atoms with Crippen molar-refractivity contribution in [1.82, 2.24) is 15.1 Å². The molecule has 131 heavy (non-hydrogen) atoms. The first-order chi connectivity index (χ1) is 62.8. The molecule has 752 valence electrons. The number of unbranched alkanes of at least 4 members (excludes halogenated alkanes) is 42. The Morgan fingerprint density at radius 2 is 0.702 bits per heavy atom. The summed E-state index contributed by atoms with van der Waals surface area (Å²) in [4.78, 5) is 101. The molecule has 0 aliphatic heterocycles. The number of ketones is 2. The molecule has 0 radical (unpaired) electrons. The molecule has 0 atom stereocenters. The molecule has 0 bridgehead atoms. The van der Waals surface area contributed by atoms with Crippen molar-refractivity contribution in [2.24, 2.45) is 10.8 Å². The third-order valence-electron chi connectivity index (χ3n) is 24.9. The smallest absolute Gasteiger partial charge is 0.471 e. The van der Waals surface area contributed by atoms with Gasteiger partial charge in [0.2, 0.25) is 11.8 Å². The van der Waals surface area contributed by atoms with E-state index in [1.807, 2.05) is 36.5 Å². The van der Waals surface area contributed by atoms with Gasteiger partial charge in [0.1, 0.15) is 39.9 Å². The molecule has 0 aromatic rings. The van der Waals surface area contributed by atoms with Crippen molar-refractivity contribution in [2.75, 3.05) is 59.5 Å². The standard InChI is InChI=1S/C52H89NO5.C40H73F3N2O6.C20H28O2/c1-8-10-12-14-16-18-20-22-24-26-28-35-48(54)43-57-44-53(40-41-58-51(56)36-29-27-25-23-21-19-17-15-13-11-9-2)50(55)42-46(4)33-30-32-45(3)37-38-49-47(5)34-31-39-52(49,6)7;1-3-5-7-9-11-13-15-17-19-21-24-28-36(46)34-50-35-45(37(47)29-25-23-27-31-44-39(49)40(41,42)43)32-33-51-38(48)30-26-22-20-18-16-14-12-10-8-6-4-2;1-15(8-6-9-16(2)14-19(21)22)11-12-18-17(3)10-7-13-20(18,4)5/h30,32-33,37-38,42H,8-29,31,34-36,39-41,43-44H2,1-7H3;3-35H2,1-2H3,(H,44,49);6,8-9,11-12,14H,7,10,13H2,1-5H3,(H,21,22)/b33-30+,38-37+,45-32+,46-42+;;9-6+,12-11+,15-8+,16-14+. The van der Waals surface area contributed by atoms with Crippen LogP contribution in [-0.4, -0.2) is 128 Å². The summed E-state index contributed by atoms with van der Waals surface area (Å²) in [6, 6.07) is 0. The second-order valence-corrected chi connectivity index (χ2v) is 38.6. The van der Waals surface area contributed by atoms with E-state index < -0.39 is 18.1 Å². The number of alkyl halides is 3. The summed E-state index contributed by atoms with van der Waals surface area (Å²) in [6.45, 7) is 30.6. The Morgan fingerprint density at radius 3 is 1.04 bits per heavy atom. The molecule has 0 heterocycles. The molecule has 2 aliphatic rings. The van der Waals surface area contributed by atoms with Gasteiger partial charge in [-0.15, -0.1) is 0 Å². The van der Waals surface area contributed by atoms with Gasteiger partial charge in [0.05, 0.1) is 13.1 Å². The van der Waals surface area contributed by atoms with Crippen molar-refractivity contribution in [3.05, 3.63) is 117 Å². The molecule has 2 N–H and O–H groups in total. The van der Waals surface area contributed by atoms with E-state index in [4.69, 9.17) is 24.1 Å². The number of hydrogen-bond donors (Lipinski definition) is 2. The van der Waals surface area contributed by atoms with Crippen molar-refractivity contribution < 1.29 is 75.6 Å². The topological polar surface area (TPSA) is 212 Å². The number of carboxylic acids is 1. The SMILES string of the molecule is CC1=C(/C=C/C(C)=C/C=C/C(C)=C/C(=O)O)C(C)(C)CCC1.CCCCCCCCCCCCCC(=O)COCN(CCOC(=O)CCCCCCCCCCCCC)C(=O)/C=C(C)/C=C/C=C(C)/C=C/C1=C(C)CCCC1(C)C.CCCCCCCCCCCCCC(=O)COCN(CCOC(=O)CCCCCCCCCCCCC)C(=O)CCCCCNC(=O)C(F)(F)F. The fraction of sp³-hybridized carbons (Fsp3) is 0.750. The Hall–Kier alpha value is -6.73. The van der Waals surface area contributed by atoms with Crippen molar-refractivity contribution in [3.63, 3.8) is 0 Å². The zero-order valence-corrected chi connectivity index (χ0v) is 85.7. The lowest BCUT2D eigenvalue weighted by atomic mass is 9.72. The molecule has 19 heteroatoms. The highest BCUT2D eigenvalue weighted by Gasteiger charge is 2.38. The van der Waals surface area contributed by atoms with Crippen molar-refractivity contribution in [2.45, 2.75) is 476 Å². The molecule has 0 saturated carbocycles. The number of hydrogen-bond acceptors (Lipinski definition) is 12. The van der Waals surface area contributed by atoms with Gasteiger partial charge < -0.3 is 39.2 Å². The number of carboxylic acid groups (broad SMARTS) is 1. The minimum atomic E-state index is -4.92. The van der Waals surface area contributed by atoms with E-state index in [0.29, 0.717) is 44.9 Å². The lowest BCUT2D eigenvalue weighted by molar-refractivity contribution is -0.173. The maximum Gasteiger partial charge on any atom is 0.471 e. The summed E-state index contributed by atoms with van der Waals surface area (Å²) in [5, 5.41) is 10.5. The Kier molecular flexibility index (Phi) is 78.5. The Balaban J connectivity index is 0.00000211. The highest BCUT2D eigenvalue weighted by Crippen LogP contribution is 2.42. The number of amides is 3. The highest BCUT2D eigenvalue weighted by atomic mass is 19.4. The van der Waals surface area contributed by atoms with E-state index in [1.54, 1.807) is 19.1 Å². The van der Waals surface area contributed by atoms with Gasteiger partial charge in [-0.3, -0.25) is 33.6 Å². The highest BCUT2D eigenvalue weighted by molar-refractivity contribution is 5.89. The first-order valence-corrected chi connectivity index (χ1v) is 52.3. The minimum Gasteiger partial charge on any atom is -0.478 e. The van der Waals surface area contributed by atoms with E-state index in [0.717, 1.165) is 92.9 Å². The van der Waals surface area contributed by atoms with Crippen molar-refractivity contribution >= 4 is 47.2 Å². The number of ether oxygens (including phenoxy) is 4. The minimum absolute atomic E-state index is 0.0160. The van der Waals surface area contributed by atoms with E-state index in [2.05, 4.69) is 113 Å². The van der Waals surface area contributed by atoms with Crippen LogP contribution in [0.25, 0.3) is 0 Å². The summed E-state index contributed by atoms with van der Waals surface area (Å²) in [7, 11) is 0. The molecule has 3 amide bonds. The number of nitrogens with one attached hydrogen (secondary N) is 1. The van der Waals surface area contributed by atoms with Crippen LogP contribution in [0.5, 0.6) is 0 Å². The van der Waals surface area contributed by atoms with Gasteiger partial charge in [0.15, 0.2) is 11.6 Å². The van der Waals surface area contributed by atoms with Crippen LogP contribution >= 0.6 is 0 Å². The number of esters is 2. The molecule has 0 aromatic carbocycles. The van der Waals surface area contributed by atoms with Gasteiger partial charge in [-0.2, -0.15) is 13.2 Å². The summed E-state index contributed by atoms with van der Waals surface area (Å²) >= 11 is 0. The van der Waals surface area contributed by atoms with Crippen LogP contribution in [0.1, 0.15) is 469 Å². The molecule has 0 saturated heterocycles. The first kappa shape index (κ1) is 124. The number of rotatable bonds is 78. The maximum atomic E-state index is 13.4. The number of aliphatic carboxylic acids is 1. The van der Waals surface area contributed by atoms with Gasteiger partial charge in [-0.1, -0.05) is 402 Å². The predicted octanol–water partition coefficient (Wildman–Crippen LogP) is 31.0. The average molecular weight is 1840 g/mol. The van der Waals surface area contributed by atoms with Gasteiger partial charge in [-0.05, 0) is 152 Å².